The van der Waals surface area contributed by atoms with Gasteiger partial charge in [-0.25, -0.2) is 5.10 Å². The molecule has 3 rings (SSSR count). The number of hydrogen-bond donors (Lipinski definition) is 1. The molecule has 2 heterocycles. The molecular weight excluding hydrogens is 328 g/mol. The minimum absolute atomic E-state index is 0.147. The maximum absolute atomic E-state index is 12.3. The molecule has 7 heteroatoms. The molecule has 0 spiro atoms. The summed E-state index contributed by atoms with van der Waals surface area (Å²) >= 11 is 6.04. The van der Waals surface area contributed by atoms with E-state index in [2.05, 4.69) is 10.2 Å². The first-order valence-corrected chi connectivity index (χ1v) is 8.33. The number of aromatic nitrogens is 2. The highest BCUT2D eigenvalue weighted by Gasteiger charge is 2.23. The third-order valence-corrected chi connectivity index (χ3v) is 4.59. The minimum Gasteiger partial charge on any atom is -0.365 e. The van der Waals surface area contributed by atoms with E-state index in [1.165, 1.54) is 5.56 Å². The summed E-state index contributed by atoms with van der Waals surface area (Å²) in [7, 11) is 0. The second-order valence-corrected chi connectivity index (χ2v) is 6.13. The fourth-order valence-electron chi connectivity index (χ4n) is 2.85. The highest BCUT2D eigenvalue weighted by molar-refractivity contribution is 6.33. The van der Waals surface area contributed by atoms with E-state index in [-0.39, 0.29) is 10.9 Å². The van der Waals surface area contributed by atoms with Gasteiger partial charge >= 0.3 is 0 Å². The highest BCUT2D eigenvalue weighted by atomic mass is 35.5. The summed E-state index contributed by atoms with van der Waals surface area (Å²) < 4.78 is 0. The largest absolute Gasteiger partial charge is 0.365 e. The number of amides is 1. The lowest BCUT2D eigenvalue weighted by atomic mass is 10.1. The Kier molecular flexibility index (Phi) is 5.15. The standard InChI is InChI=1S/C17H19ClN4O2/c18-16-14(12-19-20-17(16)24)21-8-10-22(11-9-21)15(23)7-6-13-4-2-1-3-5-13/h1-5,12H,6-11H2,(H,20,24). The smallest absolute Gasteiger partial charge is 0.285 e. The van der Waals surface area contributed by atoms with Crippen LogP contribution in [-0.4, -0.2) is 47.2 Å². The van der Waals surface area contributed by atoms with Crippen LogP contribution in [0.4, 0.5) is 5.69 Å². The van der Waals surface area contributed by atoms with E-state index in [4.69, 9.17) is 11.6 Å². The van der Waals surface area contributed by atoms with Crippen LogP contribution >= 0.6 is 11.6 Å². The van der Waals surface area contributed by atoms with Crippen LogP contribution in [0.15, 0.2) is 41.3 Å². The molecule has 0 bridgehead atoms. The van der Waals surface area contributed by atoms with E-state index >= 15 is 0 Å². The molecule has 24 heavy (non-hydrogen) atoms. The summed E-state index contributed by atoms with van der Waals surface area (Å²) in [5.41, 5.74) is 1.40. The summed E-state index contributed by atoms with van der Waals surface area (Å²) in [6, 6.07) is 10.0. The minimum atomic E-state index is -0.393. The van der Waals surface area contributed by atoms with Gasteiger partial charge in [0.1, 0.15) is 5.02 Å². The number of hydrogen-bond acceptors (Lipinski definition) is 4. The van der Waals surface area contributed by atoms with E-state index < -0.39 is 5.56 Å². The van der Waals surface area contributed by atoms with Gasteiger partial charge in [-0.3, -0.25) is 9.59 Å². The summed E-state index contributed by atoms with van der Waals surface area (Å²) in [5, 5.41) is 6.25. The molecule has 0 radical (unpaired) electrons. The Morgan fingerprint density at radius 3 is 2.58 bits per heavy atom. The van der Waals surface area contributed by atoms with Crippen LogP contribution in [0.2, 0.25) is 5.02 Å². The van der Waals surface area contributed by atoms with Gasteiger partial charge in [-0.1, -0.05) is 41.9 Å². The van der Waals surface area contributed by atoms with Gasteiger partial charge < -0.3 is 9.80 Å². The third kappa shape index (κ3) is 3.76. The van der Waals surface area contributed by atoms with Crippen LogP contribution in [0.5, 0.6) is 0 Å². The molecular formula is C17H19ClN4O2. The van der Waals surface area contributed by atoms with Crippen molar-refractivity contribution in [2.75, 3.05) is 31.1 Å². The number of nitrogens with one attached hydrogen (secondary N) is 1. The Balaban J connectivity index is 1.54. The van der Waals surface area contributed by atoms with Crippen molar-refractivity contribution in [1.82, 2.24) is 15.1 Å². The molecule has 1 aliphatic rings. The fraction of sp³-hybridized carbons (Fsp3) is 0.353. The average Bonchev–Trinajstić information content (AvgIpc) is 2.63. The van der Waals surface area contributed by atoms with Crippen molar-refractivity contribution in [2.45, 2.75) is 12.8 Å². The number of carbonyl (C=O) groups is 1. The fourth-order valence-corrected chi connectivity index (χ4v) is 3.06. The van der Waals surface area contributed by atoms with Gasteiger partial charge in [-0.2, -0.15) is 5.10 Å². The number of aryl methyl sites for hydroxylation is 1. The van der Waals surface area contributed by atoms with Crippen LogP contribution in [0, 0.1) is 0 Å². The first-order chi connectivity index (χ1) is 11.6. The normalized spacial score (nSPS) is 14.7. The Morgan fingerprint density at radius 2 is 1.88 bits per heavy atom. The van der Waals surface area contributed by atoms with E-state index in [9.17, 15) is 9.59 Å². The number of benzene rings is 1. The van der Waals surface area contributed by atoms with Crippen LogP contribution < -0.4 is 10.5 Å². The topological polar surface area (TPSA) is 69.3 Å². The number of carbonyl (C=O) groups excluding carboxylic acids is 1. The van der Waals surface area contributed by atoms with Gasteiger partial charge in [0.05, 0.1) is 11.9 Å². The van der Waals surface area contributed by atoms with Gasteiger partial charge in [-0.15, -0.1) is 0 Å². The second kappa shape index (κ2) is 7.49. The highest BCUT2D eigenvalue weighted by Crippen LogP contribution is 2.22. The molecule has 0 unspecified atom stereocenters. The molecule has 6 nitrogen and oxygen atoms in total. The van der Waals surface area contributed by atoms with Crippen LogP contribution in [-0.2, 0) is 11.2 Å². The number of H-pyrrole nitrogens is 1. The summed E-state index contributed by atoms with van der Waals surface area (Å²) in [4.78, 5) is 27.7. The zero-order valence-corrected chi connectivity index (χ0v) is 14.0. The molecule has 1 aromatic heterocycles. The average molecular weight is 347 g/mol. The van der Waals surface area contributed by atoms with Crippen molar-refractivity contribution in [3.8, 4) is 0 Å². The van der Waals surface area contributed by atoms with E-state index in [1.54, 1.807) is 6.20 Å². The van der Waals surface area contributed by atoms with Gasteiger partial charge in [0.2, 0.25) is 5.91 Å². The lowest BCUT2D eigenvalue weighted by Crippen LogP contribution is -2.49. The first-order valence-electron chi connectivity index (χ1n) is 7.95. The number of anilines is 1. The van der Waals surface area contributed by atoms with Crippen LogP contribution in [0.1, 0.15) is 12.0 Å². The van der Waals surface area contributed by atoms with E-state index in [0.717, 1.165) is 6.42 Å². The zero-order chi connectivity index (χ0) is 16.9. The van der Waals surface area contributed by atoms with E-state index in [0.29, 0.717) is 38.3 Å². The van der Waals surface area contributed by atoms with Crippen molar-refractivity contribution in [3.05, 3.63) is 57.5 Å². The van der Waals surface area contributed by atoms with Gasteiger partial charge in [0.25, 0.3) is 5.56 Å². The summed E-state index contributed by atoms with van der Waals surface area (Å²) in [5.74, 6) is 0.161. The number of aromatic amines is 1. The Hall–Kier alpha value is -2.34. The second-order valence-electron chi connectivity index (χ2n) is 5.75. The zero-order valence-electron chi connectivity index (χ0n) is 13.2. The molecule has 0 saturated carbocycles. The molecule has 126 valence electrons. The molecule has 0 aliphatic carbocycles. The molecule has 1 aromatic carbocycles. The lowest BCUT2D eigenvalue weighted by molar-refractivity contribution is -0.131. The Morgan fingerprint density at radius 1 is 1.17 bits per heavy atom. The van der Waals surface area contributed by atoms with Crippen molar-refractivity contribution >= 4 is 23.2 Å². The van der Waals surface area contributed by atoms with Gasteiger partial charge in [-0.05, 0) is 12.0 Å². The van der Waals surface area contributed by atoms with Crippen LogP contribution in [0.3, 0.4) is 0 Å². The maximum Gasteiger partial charge on any atom is 0.285 e. The monoisotopic (exact) mass is 346 g/mol. The molecule has 1 aliphatic heterocycles. The molecule has 1 N–H and O–H groups in total. The number of halogens is 1. The van der Waals surface area contributed by atoms with Gasteiger partial charge in [0.15, 0.2) is 0 Å². The predicted octanol–water partition coefficient (Wildman–Crippen LogP) is 1.70. The van der Waals surface area contributed by atoms with Gasteiger partial charge in [0, 0.05) is 32.6 Å². The quantitative estimate of drug-likeness (QED) is 0.915. The number of piperazine rings is 1. The molecule has 1 fully saturated rings. The molecule has 1 saturated heterocycles. The number of nitrogens with zero attached hydrogens (tertiary/aromatic N) is 3. The predicted molar refractivity (Wildman–Crippen MR) is 93.4 cm³/mol. The molecule has 0 atom stereocenters. The SMILES string of the molecule is O=C(CCc1ccccc1)N1CCN(c2cn[nH]c(=O)c2Cl)CC1. The van der Waals surface area contributed by atoms with Crippen molar-refractivity contribution < 1.29 is 4.79 Å². The van der Waals surface area contributed by atoms with E-state index in [1.807, 2.05) is 40.1 Å². The molecule has 2 aromatic rings. The summed E-state index contributed by atoms with van der Waals surface area (Å²) in [6.45, 7) is 2.53. The third-order valence-electron chi connectivity index (χ3n) is 4.22. The maximum atomic E-state index is 12.3. The Labute approximate surface area is 145 Å². The number of rotatable bonds is 4. The van der Waals surface area contributed by atoms with Crippen molar-refractivity contribution in [1.29, 1.82) is 0 Å². The van der Waals surface area contributed by atoms with Crippen LogP contribution in [0.25, 0.3) is 0 Å². The lowest BCUT2D eigenvalue weighted by Gasteiger charge is -2.36. The van der Waals surface area contributed by atoms with Crippen molar-refractivity contribution in [3.63, 3.8) is 0 Å². The first kappa shape index (κ1) is 16.5. The van der Waals surface area contributed by atoms with Crippen molar-refractivity contribution in [2.24, 2.45) is 0 Å². The molecule has 1 amide bonds. The Bertz CT molecular complexity index is 755. The summed E-state index contributed by atoms with van der Waals surface area (Å²) in [6.07, 6.45) is 2.82.